The topological polar surface area (TPSA) is 55.9 Å². The zero-order valence-electron chi connectivity index (χ0n) is 10.9. The van der Waals surface area contributed by atoms with Gasteiger partial charge in [-0.25, -0.2) is 0 Å². The van der Waals surface area contributed by atoms with Crippen molar-refractivity contribution in [3.63, 3.8) is 0 Å². The minimum atomic E-state index is 0.732. The average molecular weight is 262 g/mol. The molecule has 0 aliphatic heterocycles. The first-order valence-corrected chi connectivity index (χ1v) is 7.11. The Balaban J connectivity index is 2.37. The molecule has 5 heteroatoms. The number of rotatable bonds is 4. The highest BCUT2D eigenvalue weighted by Gasteiger charge is 2.12. The van der Waals surface area contributed by atoms with Crippen LogP contribution >= 0.6 is 11.8 Å². The number of aromatic nitrogens is 2. The summed E-state index contributed by atoms with van der Waals surface area (Å²) in [6, 6.07) is 8.17. The third-order valence-corrected chi connectivity index (χ3v) is 3.65. The van der Waals surface area contributed by atoms with Crippen molar-refractivity contribution >= 4 is 29.0 Å². The number of hydrogen-bond acceptors (Lipinski definition) is 4. The average Bonchev–Trinajstić information content (AvgIpc) is 2.66. The summed E-state index contributed by atoms with van der Waals surface area (Å²) in [6.45, 7) is 2.05. The van der Waals surface area contributed by atoms with E-state index in [2.05, 4.69) is 29.7 Å². The van der Waals surface area contributed by atoms with Crippen molar-refractivity contribution in [2.45, 2.75) is 18.2 Å². The monoisotopic (exact) mass is 262 g/mol. The number of nitrogens with one attached hydrogen (secondary N) is 1. The first-order chi connectivity index (χ1) is 8.67. The van der Waals surface area contributed by atoms with Gasteiger partial charge in [0.05, 0.1) is 17.1 Å². The van der Waals surface area contributed by atoms with Gasteiger partial charge in [-0.05, 0) is 24.8 Å². The first kappa shape index (κ1) is 12.8. The Labute approximate surface area is 112 Å². The van der Waals surface area contributed by atoms with Crippen molar-refractivity contribution in [3.05, 3.63) is 30.0 Å². The maximum absolute atomic E-state index is 6.10. The summed E-state index contributed by atoms with van der Waals surface area (Å²) in [5, 5.41) is 7.77. The first-order valence-electron chi connectivity index (χ1n) is 5.88. The summed E-state index contributed by atoms with van der Waals surface area (Å²) < 4.78 is 1.80. The van der Waals surface area contributed by atoms with Crippen molar-refractivity contribution < 1.29 is 0 Å². The van der Waals surface area contributed by atoms with Crippen LogP contribution in [0.4, 0.5) is 17.2 Å². The van der Waals surface area contributed by atoms with Crippen LogP contribution in [-0.2, 0) is 13.5 Å². The second-order valence-corrected chi connectivity index (χ2v) is 4.86. The second kappa shape index (κ2) is 5.35. The molecule has 96 valence electrons. The Kier molecular flexibility index (Phi) is 3.81. The molecule has 2 aromatic rings. The molecule has 1 heterocycles. The summed E-state index contributed by atoms with van der Waals surface area (Å²) in [5.74, 6) is 0.855. The smallest absolute Gasteiger partial charge is 0.152 e. The fourth-order valence-electron chi connectivity index (χ4n) is 1.88. The summed E-state index contributed by atoms with van der Waals surface area (Å²) in [6.07, 6.45) is 2.90. The number of nitrogens with two attached hydrogens (primary N) is 1. The second-order valence-electron chi connectivity index (χ2n) is 4.01. The van der Waals surface area contributed by atoms with Gasteiger partial charge in [-0.2, -0.15) is 5.10 Å². The minimum absolute atomic E-state index is 0.732. The molecule has 0 aliphatic rings. The molecule has 0 spiro atoms. The fraction of sp³-hybridized carbons (Fsp3) is 0.308. The van der Waals surface area contributed by atoms with E-state index in [1.807, 2.05) is 25.2 Å². The lowest BCUT2D eigenvalue weighted by Crippen LogP contribution is -2.02. The zero-order valence-corrected chi connectivity index (χ0v) is 11.7. The number of benzene rings is 1. The van der Waals surface area contributed by atoms with E-state index in [9.17, 15) is 0 Å². The van der Waals surface area contributed by atoms with E-state index < -0.39 is 0 Å². The Morgan fingerprint density at radius 3 is 2.72 bits per heavy atom. The van der Waals surface area contributed by atoms with Crippen LogP contribution in [-0.4, -0.2) is 16.0 Å². The molecule has 2 rings (SSSR count). The van der Waals surface area contributed by atoms with Gasteiger partial charge in [0.2, 0.25) is 0 Å². The summed E-state index contributed by atoms with van der Waals surface area (Å²) >= 11 is 1.71. The van der Waals surface area contributed by atoms with Crippen molar-refractivity contribution in [2.75, 3.05) is 17.3 Å². The van der Waals surface area contributed by atoms with E-state index in [0.29, 0.717) is 0 Å². The molecule has 18 heavy (non-hydrogen) atoms. The van der Waals surface area contributed by atoms with E-state index >= 15 is 0 Å². The molecule has 1 aromatic carbocycles. The summed E-state index contributed by atoms with van der Waals surface area (Å²) in [7, 11) is 1.90. The fourth-order valence-corrected chi connectivity index (χ4v) is 2.43. The third kappa shape index (κ3) is 2.31. The van der Waals surface area contributed by atoms with Crippen molar-refractivity contribution in [1.29, 1.82) is 0 Å². The Hall–Kier alpha value is -1.62. The van der Waals surface area contributed by atoms with Gasteiger partial charge in [-0.15, -0.1) is 11.8 Å². The summed E-state index contributed by atoms with van der Waals surface area (Å²) in [5.41, 5.74) is 8.82. The van der Waals surface area contributed by atoms with Crippen molar-refractivity contribution in [2.24, 2.45) is 7.05 Å². The van der Waals surface area contributed by atoms with E-state index in [1.54, 1.807) is 16.4 Å². The zero-order chi connectivity index (χ0) is 13.1. The number of nitrogen functional groups attached to an aromatic ring is 1. The number of aryl methyl sites for hydroxylation is 2. The van der Waals surface area contributed by atoms with Crippen LogP contribution in [0.3, 0.4) is 0 Å². The third-order valence-electron chi connectivity index (χ3n) is 2.86. The number of thioether (sulfide) groups is 1. The lowest BCUT2D eigenvalue weighted by molar-refractivity contribution is 0.753. The van der Waals surface area contributed by atoms with Crippen LogP contribution in [0.1, 0.15) is 12.6 Å². The Bertz CT molecular complexity index is 548. The van der Waals surface area contributed by atoms with Crippen molar-refractivity contribution in [3.8, 4) is 0 Å². The summed E-state index contributed by atoms with van der Waals surface area (Å²) in [4.78, 5) is 1.19. The van der Waals surface area contributed by atoms with E-state index in [0.717, 1.165) is 29.3 Å². The van der Waals surface area contributed by atoms with Gasteiger partial charge >= 0.3 is 0 Å². The van der Waals surface area contributed by atoms with Crippen LogP contribution in [0.2, 0.25) is 0 Å². The Morgan fingerprint density at radius 2 is 2.11 bits per heavy atom. The van der Waals surface area contributed by atoms with E-state index in [4.69, 9.17) is 5.73 Å². The molecule has 0 bridgehead atoms. The van der Waals surface area contributed by atoms with Gasteiger partial charge in [0, 0.05) is 11.9 Å². The molecule has 0 unspecified atom stereocenters. The normalized spacial score (nSPS) is 10.6. The molecule has 4 nitrogen and oxygen atoms in total. The quantitative estimate of drug-likeness (QED) is 0.832. The van der Waals surface area contributed by atoms with Gasteiger partial charge in [0.15, 0.2) is 5.82 Å². The van der Waals surface area contributed by atoms with Crippen LogP contribution in [0.15, 0.2) is 29.2 Å². The van der Waals surface area contributed by atoms with Gasteiger partial charge in [-0.3, -0.25) is 4.68 Å². The number of para-hydroxylation sites is 1. The standard InChI is InChI=1S/C13H18N4S/c1-4-9-12(14)13(17(2)16-9)15-10-7-5-6-8-11(10)18-3/h5-8,15H,4,14H2,1-3H3. The molecular formula is C13H18N4S. The van der Waals surface area contributed by atoms with E-state index in [1.165, 1.54) is 4.90 Å². The maximum Gasteiger partial charge on any atom is 0.152 e. The molecular weight excluding hydrogens is 244 g/mol. The SMILES string of the molecule is CCc1nn(C)c(Nc2ccccc2SC)c1N. The van der Waals surface area contributed by atoms with Crippen LogP contribution in [0.5, 0.6) is 0 Å². The maximum atomic E-state index is 6.10. The van der Waals surface area contributed by atoms with Gasteiger partial charge in [0.25, 0.3) is 0 Å². The predicted octanol–water partition coefficient (Wildman–Crippen LogP) is 3.03. The van der Waals surface area contributed by atoms with Gasteiger partial charge in [-0.1, -0.05) is 19.1 Å². The molecule has 3 N–H and O–H groups in total. The lowest BCUT2D eigenvalue weighted by Gasteiger charge is -2.11. The van der Waals surface area contributed by atoms with Crippen molar-refractivity contribution in [1.82, 2.24) is 9.78 Å². The van der Waals surface area contributed by atoms with E-state index in [-0.39, 0.29) is 0 Å². The molecule has 0 amide bonds. The molecule has 0 radical (unpaired) electrons. The molecule has 0 saturated carbocycles. The number of hydrogen-bond donors (Lipinski definition) is 2. The molecule has 0 aliphatic carbocycles. The van der Waals surface area contributed by atoms with Crippen LogP contribution in [0, 0.1) is 0 Å². The highest BCUT2D eigenvalue weighted by molar-refractivity contribution is 7.98. The van der Waals surface area contributed by atoms with Gasteiger partial charge < -0.3 is 11.1 Å². The lowest BCUT2D eigenvalue weighted by atomic mass is 10.3. The van der Waals surface area contributed by atoms with Crippen LogP contribution < -0.4 is 11.1 Å². The molecule has 0 atom stereocenters. The molecule has 1 aromatic heterocycles. The Morgan fingerprint density at radius 1 is 1.39 bits per heavy atom. The highest BCUT2D eigenvalue weighted by Crippen LogP contribution is 2.31. The highest BCUT2D eigenvalue weighted by atomic mass is 32.2. The predicted molar refractivity (Wildman–Crippen MR) is 78.5 cm³/mol. The molecule has 0 saturated heterocycles. The van der Waals surface area contributed by atoms with Gasteiger partial charge in [0.1, 0.15) is 0 Å². The number of nitrogens with zero attached hydrogens (tertiary/aromatic N) is 2. The number of anilines is 3. The minimum Gasteiger partial charge on any atom is -0.394 e. The van der Waals surface area contributed by atoms with Crippen LogP contribution in [0.25, 0.3) is 0 Å². The largest absolute Gasteiger partial charge is 0.394 e. The molecule has 0 fully saturated rings.